The third kappa shape index (κ3) is 6.64. The zero-order valence-corrected chi connectivity index (χ0v) is 15.4. The third-order valence-electron chi connectivity index (χ3n) is 3.44. The van der Waals surface area contributed by atoms with Crippen molar-refractivity contribution in [2.45, 2.75) is 71.2 Å². The highest BCUT2D eigenvalue weighted by Crippen LogP contribution is 2.29. The molecule has 1 N–H and O–H groups in total. The summed E-state index contributed by atoms with van der Waals surface area (Å²) in [5.74, 6) is -2.01. The van der Waals surface area contributed by atoms with Crippen LogP contribution in [-0.2, 0) is 38.1 Å². The van der Waals surface area contributed by atoms with E-state index >= 15 is 0 Å². The monoisotopic (exact) mass is 374 g/mol. The molecule has 1 aliphatic heterocycles. The van der Waals surface area contributed by atoms with Crippen LogP contribution in [0.15, 0.2) is 12.3 Å². The molecule has 148 valence electrons. The first-order valence-corrected chi connectivity index (χ1v) is 8.38. The van der Waals surface area contributed by atoms with Crippen molar-refractivity contribution in [3.8, 4) is 0 Å². The summed E-state index contributed by atoms with van der Waals surface area (Å²) in [5, 5.41) is 9.58. The van der Waals surface area contributed by atoms with E-state index < -0.39 is 55.2 Å². The van der Waals surface area contributed by atoms with E-state index in [1.807, 2.05) is 6.92 Å². The minimum absolute atomic E-state index is 0.527. The zero-order chi connectivity index (χ0) is 19.7. The molecule has 1 heterocycles. The molecule has 1 saturated heterocycles. The summed E-state index contributed by atoms with van der Waals surface area (Å²) in [6, 6.07) is 0. The lowest BCUT2D eigenvalue weighted by Crippen LogP contribution is -2.62. The molecule has 0 radical (unpaired) electrons. The fourth-order valence-electron chi connectivity index (χ4n) is 2.48. The highest BCUT2D eigenvalue weighted by molar-refractivity contribution is 5.68. The van der Waals surface area contributed by atoms with Gasteiger partial charge in [0.25, 0.3) is 0 Å². The molecule has 0 amide bonds. The quantitative estimate of drug-likeness (QED) is 0.374. The van der Waals surface area contributed by atoms with E-state index in [4.69, 9.17) is 23.7 Å². The lowest BCUT2D eigenvalue weighted by atomic mass is 9.98. The Morgan fingerprint density at radius 1 is 0.962 bits per heavy atom. The molecule has 0 aromatic carbocycles. The maximum atomic E-state index is 11.5. The van der Waals surface area contributed by atoms with Crippen molar-refractivity contribution in [2.24, 2.45) is 0 Å². The predicted molar refractivity (Wildman–Crippen MR) is 87.5 cm³/mol. The molecule has 0 unspecified atom stereocenters. The van der Waals surface area contributed by atoms with Crippen LogP contribution in [0.5, 0.6) is 0 Å². The van der Waals surface area contributed by atoms with Gasteiger partial charge >= 0.3 is 17.9 Å². The van der Waals surface area contributed by atoms with Crippen LogP contribution in [0, 0.1) is 0 Å². The molecule has 5 atom stereocenters. The van der Waals surface area contributed by atoms with Gasteiger partial charge in [0.2, 0.25) is 12.4 Å². The number of aliphatic hydroxyl groups is 1. The summed E-state index contributed by atoms with van der Waals surface area (Å²) in [6.07, 6.45) is -0.923. The van der Waals surface area contributed by atoms with Crippen molar-refractivity contribution >= 4 is 17.9 Å². The predicted octanol–water partition coefficient (Wildman–Crippen LogP) is 0.829. The van der Waals surface area contributed by atoms with E-state index in [0.29, 0.717) is 0 Å². The van der Waals surface area contributed by atoms with Gasteiger partial charge in [-0.3, -0.25) is 14.4 Å². The van der Waals surface area contributed by atoms with Gasteiger partial charge in [0, 0.05) is 20.8 Å². The van der Waals surface area contributed by atoms with E-state index in [0.717, 1.165) is 26.7 Å². The minimum Gasteiger partial charge on any atom is -0.469 e. The molecule has 0 aliphatic carbocycles. The molecule has 0 bridgehead atoms. The van der Waals surface area contributed by atoms with Crippen LogP contribution in [0.2, 0.25) is 0 Å². The Hall–Kier alpha value is -2.13. The lowest BCUT2D eigenvalue weighted by molar-refractivity contribution is -0.296. The van der Waals surface area contributed by atoms with Crippen molar-refractivity contribution in [1.29, 1.82) is 0 Å². The fraction of sp³-hybridized carbons (Fsp3) is 0.706. The summed E-state index contributed by atoms with van der Waals surface area (Å²) in [6.45, 7) is 4.96. The summed E-state index contributed by atoms with van der Waals surface area (Å²) in [7, 11) is 0. The fourth-order valence-corrected chi connectivity index (χ4v) is 2.48. The molecule has 0 aromatic rings. The normalized spacial score (nSPS) is 28.4. The first-order chi connectivity index (χ1) is 12.3. The van der Waals surface area contributed by atoms with Crippen molar-refractivity contribution < 1.29 is 43.2 Å². The maximum absolute atomic E-state index is 11.5. The Kier molecular flexibility index (Phi) is 9.08. The standard InChI is InChI=1S/C17H26O9/c1-5-6-7-8-22-17-16(25-12(4)21)15(24-11(3)20)14(23-10(2)19)13(9-18)26-17/h7-8,13-18H,5-6,9H2,1-4H3/t13-,14+,15+,16-,17-/m1/s1. The highest BCUT2D eigenvalue weighted by atomic mass is 16.7. The van der Waals surface area contributed by atoms with Gasteiger partial charge in [0.15, 0.2) is 12.2 Å². The number of aliphatic hydroxyl groups excluding tert-OH is 1. The molecular formula is C17H26O9. The number of allylic oxidation sites excluding steroid dienone is 1. The average Bonchev–Trinajstić information content (AvgIpc) is 2.54. The molecule has 9 heteroatoms. The molecule has 0 spiro atoms. The second-order valence-electron chi connectivity index (χ2n) is 5.74. The second kappa shape index (κ2) is 10.8. The van der Waals surface area contributed by atoms with Gasteiger partial charge < -0.3 is 28.8 Å². The number of ether oxygens (including phenoxy) is 5. The smallest absolute Gasteiger partial charge is 0.303 e. The summed E-state index contributed by atoms with van der Waals surface area (Å²) in [5.41, 5.74) is 0. The minimum atomic E-state index is -1.20. The van der Waals surface area contributed by atoms with Crippen LogP contribution < -0.4 is 0 Å². The van der Waals surface area contributed by atoms with E-state index in [2.05, 4.69) is 0 Å². The van der Waals surface area contributed by atoms with Gasteiger partial charge in [-0.05, 0) is 12.5 Å². The maximum Gasteiger partial charge on any atom is 0.303 e. The Bertz CT molecular complexity index is 516. The summed E-state index contributed by atoms with van der Waals surface area (Å²) in [4.78, 5) is 34.4. The van der Waals surface area contributed by atoms with Crippen LogP contribution in [0.25, 0.3) is 0 Å². The molecule has 26 heavy (non-hydrogen) atoms. The molecule has 1 rings (SSSR count). The first-order valence-electron chi connectivity index (χ1n) is 8.38. The number of hydrogen-bond acceptors (Lipinski definition) is 9. The van der Waals surface area contributed by atoms with E-state index in [1.165, 1.54) is 13.2 Å². The molecule has 1 aliphatic rings. The Morgan fingerprint density at radius 3 is 2.00 bits per heavy atom. The molecule has 1 fully saturated rings. The number of esters is 3. The van der Waals surface area contributed by atoms with E-state index in [-0.39, 0.29) is 0 Å². The summed E-state index contributed by atoms with van der Waals surface area (Å²) < 4.78 is 26.6. The van der Waals surface area contributed by atoms with Gasteiger partial charge in [-0.15, -0.1) is 0 Å². The highest BCUT2D eigenvalue weighted by Gasteiger charge is 2.52. The van der Waals surface area contributed by atoms with E-state index in [1.54, 1.807) is 6.08 Å². The Morgan fingerprint density at radius 2 is 1.50 bits per heavy atom. The topological polar surface area (TPSA) is 118 Å². The van der Waals surface area contributed by atoms with Gasteiger partial charge in [-0.1, -0.05) is 13.3 Å². The van der Waals surface area contributed by atoms with Crippen LogP contribution in [0.4, 0.5) is 0 Å². The van der Waals surface area contributed by atoms with Crippen molar-refractivity contribution in [3.63, 3.8) is 0 Å². The molecular weight excluding hydrogens is 348 g/mol. The first kappa shape index (κ1) is 21.9. The van der Waals surface area contributed by atoms with Crippen LogP contribution in [0.3, 0.4) is 0 Å². The number of unbranched alkanes of at least 4 members (excludes halogenated alkanes) is 1. The zero-order valence-electron chi connectivity index (χ0n) is 15.4. The van der Waals surface area contributed by atoms with Gasteiger partial charge in [0.1, 0.15) is 6.10 Å². The number of hydrogen-bond donors (Lipinski definition) is 1. The molecule has 0 aromatic heterocycles. The van der Waals surface area contributed by atoms with Gasteiger partial charge in [0.05, 0.1) is 12.9 Å². The van der Waals surface area contributed by atoms with Crippen molar-refractivity contribution in [1.82, 2.24) is 0 Å². The lowest BCUT2D eigenvalue weighted by Gasteiger charge is -2.43. The third-order valence-corrected chi connectivity index (χ3v) is 3.44. The largest absolute Gasteiger partial charge is 0.469 e. The number of rotatable bonds is 8. The Labute approximate surface area is 152 Å². The van der Waals surface area contributed by atoms with Crippen molar-refractivity contribution in [2.75, 3.05) is 6.61 Å². The second-order valence-corrected chi connectivity index (χ2v) is 5.74. The van der Waals surface area contributed by atoms with Gasteiger partial charge in [-0.2, -0.15) is 0 Å². The number of carbonyl (C=O) groups is 3. The molecule has 0 saturated carbocycles. The number of carbonyl (C=O) groups excluding carboxylic acids is 3. The average molecular weight is 374 g/mol. The summed E-state index contributed by atoms with van der Waals surface area (Å²) >= 11 is 0. The van der Waals surface area contributed by atoms with E-state index in [9.17, 15) is 19.5 Å². The Balaban J connectivity index is 3.14. The van der Waals surface area contributed by atoms with Crippen LogP contribution in [0.1, 0.15) is 40.5 Å². The van der Waals surface area contributed by atoms with Crippen molar-refractivity contribution in [3.05, 3.63) is 12.3 Å². The SMILES string of the molecule is CCCC=CO[C@@H]1O[C@H](CO)[C@H](OC(C)=O)[C@H](OC(C)=O)[C@H]1OC(C)=O. The van der Waals surface area contributed by atoms with Gasteiger partial charge in [-0.25, -0.2) is 0 Å². The van der Waals surface area contributed by atoms with Crippen LogP contribution >= 0.6 is 0 Å². The molecule has 9 nitrogen and oxygen atoms in total. The van der Waals surface area contributed by atoms with Crippen LogP contribution in [-0.4, -0.2) is 60.3 Å².